The molecule has 0 saturated carbocycles. The lowest BCUT2D eigenvalue weighted by Crippen LogP contribution is -2.51. The van der Waals surface area contributed by atoms with Crippen LogP contribution >= 0.6 is 0 Å². The topological polar surface area (TPSA) is 48.1 Å². The van der Waals surface area contributed by atoms with Gasteiger partial charge in [0.15, 0.2) is 0 Å². The maximum absolute atomic E-state index is 11.2. The molecule has 0 radical (unpaired) electrons. The van der Waals surface area contributed by atoms with Crippen LogP contribution in [0.15, 0.2) is 23.1 Å². The van der Waals surface area contributed by atoms with Crippen molar-refractivity contribution < 1.29 is 0 Å². The van der Waals surface area contributed by atoms with Crippen LogP contribution < -0.4 is 15.8 Å². The van der Waals surface area contributed by atoms with Crippen LogP contribution in [0.3, 0.4) is 0 Å². The number of hydrogen-bond acceptors (Lipinski definition) is 3. The zero-order chi connectivity index (χ0) is 10.7. The van der Waals surface area contributed by atoms with Crippen LogP contribution in [-0.4, -0.2) is 30.7 Å². The molecule has 1 fully saturated rings. The van der Waals surface area contributed by atoms with Gasteiger partial charge in [0.25, 0.3) is 0 Å². The standard InChI is InChI=1S/C11H17N3O/c1-2-9-8-12-5-6-14(9)10-3-4-13-11(15)7-10/h3-4,7,9,12H,2,5-6,8H2,1H3,(H,13,15)/t9-/m1/s1. The summed E-state index contributed by atoms with van der Waals surface area (Å²) in [5.74, 6) is 0. The molecule has 82 valence electrons. The van der Waals surface area contributed by atoms with Crippen LogP contribution in [0.4, 0.5) is 5.69 Å². The van der Waals surface area contributed by atoms with Crippen molar-refractivity contribution in [3.05, 3.63) is 28.7 Å². The number of pyridine rings is 1. The SMILES string of the molecule is CC[C@@H]1CNCCN1c1cc[nH]c(=O)c1. The van der Waals surface area contributed by atoms with E-state index in [-0.39, 0.29) is 5.56 Å². The molecule has 0 aromatic carbocycles. The summed E-state index contributed by atoms with van der Waals surface area (Å²) < 4.78 is 0. The van der Waals surface area contributed by atoms with Crippen molar-refractivity contribution in [3.63, 3.8) is 0 Å². The molecule has 2 N–H and O–H groups in total. The monoisotopic (exact) mass is 207 g/mol. The van der Waals surface area contributed by atoms with Crippen molar-refractivity contribution >= 4 is 5.69 Å². The molecular weight excluding hydrogens is 190 g/mol. The van der Waals surface area contributed by atoms with Gasteiger partial charge in [0, 0.05) is 43.6 Å². The van der Waals surface area contributed by atoms with Gasteiger partial charge in [0.2, 0.25) is 5.56 Å². The number of nitrogens with one attached hydrogen (secondary N) is 2. The highest BCUT2D eigenvalue weighted by Gasteiger charge is 2.20. The Morgan fingerprint density at radius 2 is 2.47 bits per heavy atom. The number of nitrogens with zero attached hydrogens (tertiary/aromatic N) is 1. The Labute approximate surface area is 89.3 Å². The predicted molar refractivity (Wildman–Crippen MR) is 61.4 cm³/mol. The first-order valence-corrected chi connectivity index (χ1v) is 5.47. The number of aromatic amines is 1. The molecule has 1 saturated heterocycles. The van der Waals surface area contributed by atoms with Gasteiger partial charge in [-0.2, -0.15) is 0 Å². The number of H-pyrrole nitrogens is 1. The van der Waals surface area contributed by atoms with E-state index in [1.165, 1.54) is 0 Å². The van der Waals surface area contributed by atoms with E-state index in [9.17, 15) is 4.79 Å². The smallest absolute Gasteiger partial charge is 0.249 e. The van der Waals surface area contributed by atoms with Crippen molar-refractivity contribution in [2.45, 2.75) is 19.4 Å². The van der Waals surface area contributed by atoms with Crippen molar-refractivity contribution in [1.82, 2.24) is 10.3 Å². The zero-order valence-electron chi connectivity index (χ0n) is 8.99. The van der Waals surface area contributed by atoms with E-state index in [4.69, 9.17) is 0 Å². The van der Waals surface area contributed by atoms with Crippen LogP contribution in [-0.2, 0) is 0 Å². The van der Waals surface area contributed by atoms with E-state index in [1.807, 2.05) is 6.07 Å². The highest BCUT2D eigenvalue weighted by atomic mass is 16.1. The summed E-state index contributed by atoms with van der Waals surface area (Å²) in [7, 11) is 0. The first kappa shape index (κ1) is 10.2. The average molecular weight is 207 g/mol. The van der Waals surface area contributed by atoms with Crippen molar-refractivity contribution in [3.8, 4) is 0 Å². The zero-order valence-corrected chi connectivity index (χ0v) is 8.99. The second kappa shape index (κ2) is 4.49. The lowest BCUT2D eigenvalue weighted by molar-refractivity contribution is 0.466. The number of hydrogen-bond donors (Lipinski definition) is 2. The fourth-order valence-electron chi connectivity index (χ4n) is 2.08. The molecular formula is C11H17N3O. The molecule has 1 aliphatic rings. The van der Waals surface area contributed by atoms with E-state index in [2.05, 4.69) is 22.1 Å². The summed E-state index contributed by atoms with van der Waals surface area (Å²) in [5.41, 5.74) is 1.01. The van der Waals surface area contributed by atoms with E-state index in [1.54, 1.807) is 12.3 Å². The van der Waals surface area contributed by atoms with E-state index < -0.39 is 0 Å². The van der Waals surface area contributed by atoms with Gasteiger partial charge in [0.1, 0.15) is 0 Å². The Balaban J connectivity index is 2.24. The van der Waals surface area contributed by atoms with Crippen LogP contribution in [0.25, 0.3) is 0 Å². The highest BCUT2D eigenvalue weighted by Crippen LogP contribution is 2.17. The van der Waals surface area contributed by atoms with E-state index in [0.717, 1.165) is 31.7 Å². The van der Waals surface area contributed by atoms with Gasteiger partial charge in [-0.15, -0.1) is 0 Å². The third kappa shape index (κ3) is 2.21. The van der Waals surface area contributed by atoms with Gasteiger partial charge < -0.3 is 15.2 Å². The van der Waals surface area contributed by atoms with Crippen molar-refractivity contribution in [1.29, 1.82) is 0 Å². The molecule has 0 bridgehead atoms. The fraction of sp³-hybridized carbons (Fsp3) is 0.545. The minimum Gasteiger partial charge on any atom is -0.366 e. The molecule has 2 heterocycles. The van der Waals surface area contributed by atoms with Crippen LogP contribution in [0.1, 0.15) is 13.3 Å². The van der Waals surface area contributed by atoms with Gasteiger partial charge in [-0.05, 0) is 12.5 Å². The van der Waals surface area contributed by atoms with Gasteiger partial charge in [0.05, 0.1) is 0 Å². The van der Waals surface area contributed by atoms with E-state index >= 15 is 0 Å². The maximum Gasteiger partial charge on any atom is 0.249 e. The fourth-order valence-corrected chi connectivity index (χ4v) is 2.08. The lowest BCUT2D eigenvalue weighted by Gasteiger charge is -2.37. The second-order valence-corrected chi connectivity index (χ2v) is 3.87. The molecule has 1 aromatic heterocycles. The molecule has 0 unspecified atom stereocenters. The van der Waals surface area contributed by atoms with Gasteiger partial charge in [-0.3, -0.25) is 4.79 Å². The first-order valence-electron chi connectivity index (χ1n) is 5.47. The minimum absolute atomic E-state index is 0.0270. The quantitative estimate of drug-likeness (QED) is 0.745. The highest BCUT2D eigenvalue weighted by molar-refractivity contribution is 5.46. The lowest BCUT2D eigenvalue weighted by atomic mass is 10.1. The predicted octanol–water partition coefficient (Wildman–Crippen LogP) is 0.563. The third-order valence-corrected chi connectivity index (χ3v) is 2.91. The second-order valence-electron chi connectivity index (χ2n) is 3.87. The summed E-state index contributed by atoms with van der Waals surface area (Å²) in [6.45, 7) is 5.15. The average Bonchev–Trinajstić information content (AvgIpc) is 2.29. The Hall–Kier alpha value is -1.29. The summed E-state index contributed by atoms with van der Waals surface area (Å²) in [6, 6.07) is 4.14. The Bertz CT molecular complexity index is 374. The summed E-state index contributed by atoms with van der Waals surface area (Å²) in [5, 5.41) is 3.37. The minimum atomic E-state index is -0.0270. The molecule has 0 spiro atoms. The number of rotatable bonds is 2. The Morgan fingerprint density at radius 1 is 1.60 bits per heavy atom. The molecule has 0 amide bonds. The molecule has 1 atom stereocenters. The van der Waals surface area contributed by atoms with Crippen LogP contribution in [0.2, 0.25) is 0 Å². The molecule has 4 nitrogen and oxygen atoms in total. The summed E-state index contributed by atoms with van der Waals surface area (Å²) in [4.78, 5) is 16.2. The normalized spacial score (nSPS) is 21.7. The number of piperazine rings is 1. The molecule has 2 rings (SSSR count). The first-order chi connectivity index (χ1) is 7.31. The van der Waals surface area contributed by atoms with Crippen molar-refractivity contribution in [2.24, 2.45) is 0 Å². The molecule has 1 aromatic rings. The van der Waals surface area contributed by atoms with Crippen LogP contribution in [0, 0.1) is 0 Å². The van der Waals surface area contributed by atoms with Gasteiger partial charge in [-0.25, -0.2) is 0 Å². The summed E-state index contributed by atoms with van der Waals surface area (Å²) in [6.07, 6.45) is 2.81. The number of anilines is 1. The van der Waals surface area contributed by atoms with Crippen molar-refractivity contribution in [2.75, 3.05) is 24.5 Å². The third-order valence-electron chi connectivity index (χ3n) is 2.91. The van der Waals surface area contributed by atoms with Crippen LogP contribution in [0.5, 0.6) is 0 Å². The Morgan fingerprint density at radius 3 is 3.20 bits per heavy atom. The molecule has 4 heteroatoms. The van der Waals surface area contributed by atoms with Gasteiger partial charge in [-0.1, -0.05) is 6.92 Å². The largest absolute Gasteiger partial charge is 0.366 e. The molecule has 1 aliphatic heterocycles. The molecule has 0 aliphatic carbocycles. The maximum atomic E-state index is 11.2. The van der Waals surface area contributed by atoms with E-state index in [0.29, 0.717) is 6.04 Å². The Kier molecular flexibility index (Phi) is 3.06. The summed E-state index contributed by atoms with van der Waals surface area (Å²) >= 11 is 0. The van der Waals surface area contributed by atoms with Gasteiger partial charge >= 0.3 is 0 Å². The number of aromatic nitrogens is 1. The molecule has 15 heavy (non-hydrogen) atoms.